The van der Waals surface area contributed by atoms with Crippen LogP contribution in [0.5, 0.6) is 0 Å². The van der Waals surface area contributed by atoms with Gasteiger partial charge in [0, 0.05) is 18.0 Å². The summed E-state index contributed by atoms with van der Waals surface area (Å²) in [6, 6.07) is 6.36. The Morgan fingerprint density at radius 3 is 2.48 bits per heavy atom. The minimum Gasteiger partial charge on any atom is -0.415 e. The highest BCUT2D eigenvalue weighted by Gasteiger charge is 2.28. The maximum absolute atomic E-state index is 14.2. The molecule has 4 rings (SSSR count). The monoisotopic (exact) mass is 375 g/mol. The quantitative estimate of drug-likeness (QED) is 0.653. The van der Waals surface area contributed by atoms with Gasteiger partial charge in [-0.1, -0.05) is 31.0 Å². The molecule has 0 radical (unpaired) electrons. The van der Waals surface area contributed by atoms with E-state index in [1.54, 1.807) is 18.2 Å². The van der Waals surface area contributed by atoms with Crippen molar-refractivity contribution in [3.63, 3.8) is 0 Å². The molecule has 0 aliphatic heterocycles. The molecule has 3 aromatic rings. The van der Waals surface area contributed by atoms with Crippen LogP contribution in [-0.2, 0) is 0 Å². The average molecular weight is 375 g/mol. The smallest absolute Gasteiger partial charge is 0.314 e. The lowest BCUT2D eigenvalue weighted by atomic mass is 10.0. The molecular formula is C18H16F3N5O. The third-order valence-electron chi connectivity index (χ3n) is 4.38. The molecule has 1 fully saturated rings. The lowest BCUT2D eigenvalue weighted by Gasteiger charge is -2.19. The number of aromatic nitrogens is 4. The van der Waals surface area contributed by atoms with Crippen molar-refractivity contribution in [1.29, 1.82) is 0 Å². The molecule has 0 amide bonds. The first-order valence-corrected chi connectivity index (χ1v) is 8.55. The second-order valence-corrected chi connectivity index (χ2v) is 6.44. The van der Waals surface area contributed by atoms with Crippen molar-refractivity contribution in [2.45, 2.75) is 31.7 Å². The molecule has 2 heterocycles. The molecule has 2 aromatic heterocycles. The Morgan fingerprint density at radius 2 is 1.85 bits per heavy atom. The fraction of sp³-hybridized carbons (Fsp3) is 0.333. The van der Waals surface area contributed by atoms with Crippen molar-refractivity contribution in [3.05, 3.63) is 53.9 Å². The molecule has 1 aliphatic carbocycles. The van der Waals surface area contributed by atoms with Crippen molar-refractivity contribution >= 4 is 5.95 Å². The Kier molecular flexibility index (Phi) is 4.74. The third-order valence-corrected chi connectivity index (χ3v) is 4.38. The van der Waals surface area contributed by atoms with Crippen molar-refractivity contribution in [2.75, 3.05) is 5.32 Å². The van der Waals surface area contributed by atoms with E-state index >= 15 is 0 Å². The van der Waals surface area contributed by atoms with Gasteiger partial charge in [-0.15, -0.1) is 10.2 Å². The minimum atomic E-state index is -2.84. The van der Waals surface area contributed by atoms with Crippen molar-refractivity contribution < 1.29 is 17.6 Å². The standard InChI is InChI=1S/C18H16F3N5O/c19-13-4-2-1-3-12(13)14(7-10-5-6-10)24-18-22-8-11(9-23-18)16-25-26-17(27-16)15(20)21/h1-4,8-10,14-15H,5-7H2,(H,22,23,24). The van der Waals surface area contributed by atoms with E-state index in [1.807, 2.05) is 0 Å². The van der Waals surface area contributed by atoms with Gasteiger partial charge in [-0.2, -0.15) is 8.78 Å². The van der Waals surface area contributed by atoms with Gasteiger partial charge in [0.1, 0.15) is 5.82 Å². The Labute approximate surface area is 152 Å². The molecule has 0 bridgehead atoms. The highest BCUT2D eigenvalue weighted by molar-refractivity contribution is 5.50. The summed E-state index contributed by atoms with van der Waals surface area (Å²) in [5.41, 5.74) is 0.889. The fourth-order valence-corrected chi connectivity index (χ4v) is 2.82. The molecular weight excluding hydrogens is 359 g/mol. The Morgan fingerprint density at radius 1 is 1.11 bits per heavy atom. The number of hydrogen-bond acceptors (Lipinski definition) is 6. The van der Waals surface area contributed by atoms with Gasteiger partial charge in [0.2, 0.25) is 5.95 Å². The predicted octanol–water partition coefficient (Wildman–Crippen LogP) is 4.56. The van der Waals surface area contributed by atoms with E-state index in [0.717, 1.165) is 19.3 Å². The SMILES string of the molecule is Fc1ccccc1C(CC1CC1)Nc1ncc(-c2nnc(C(F)F)o2)cn1. The number of nitrogens with one attached hydrogen (secondary N) is 1. The number of rotatable bonds is 7. The molecule has 27 heavy (non-hydrogen) atoms. The first-order valence-electron chi connectivity index (χ1n) is 8.55. The number of anilines is 1. The summed E-state index contributed by atoms with van der Waals surface area (Å²) < 4.78 is 44.1. The van der Waals surface area contributed by atoms with E-state index in [0.29, 0.717) is 23.0 Å². The van der Waals surface area contributed by atoms with Crippen LogP contribution in [0.2, 0.25) is 0 Å². The van der Waals surface area contributed by atoms with Crippen LogP contribution in [0.25, 0.3) is 11.5 Å². The number of halogens is 3. The van der Waals surface area contributed by atoms with Crippen LogP contribution in [0.1, 0.15) is 43.2 Å². The van der Waals surface area contributed by atoms with Crippen LogP contribution in [-0.4, -0.2) is 20.2 Å². The normalized spacial score (nSPS) is 15.1. The molecule has 1 N–H and O–H groups in total. The van der Waals surface area contributed by atoms with Crippen molar-refractivity contribution in [1.82, 2.24) is 20.2 Å². The van der Waals surface area contributed by atoms with E-state index in [1.165, 1.54) is 18.5 Å². The second kappa shape index (κ2) is 7.34. The molecule has 6 nitrogen and oxygen atoms in total. The van der Waals surface area contributed by atoms with Crippen molar-refractivity contribution in [2.24, 2.45) is 5.92 Å². The van der Waals surface area contributed by atoms with E-state index in [9.17, 15) is 13.2 Å². The van der Waals surface area contributed by atoms with Gasteiger partial charge in [0.25, 0.3) is 11.8 Å². The van der Waals surface area contributed by atoms with Gasteiger partial charge in [0.15, 0.2) is 0 Å². The summed E-state index contributed by atoms with van der Waals surface area (Å²) >= 11 is 0. The first-order chi connectivity index (χ1) is 13.1. The van der Waals surface area contributed by atoms with Gasteiger partial charge < -0.3 is 9.73 Å². The van der Waals surface area contributed by atoms with E-state index in [4.69, 9.17) is 4.42 Å². The Bertz CT molecular complexity index is 911. The summed E-state index contributed by atoms with van der Waals surface area (Å²) in [5, 5.41) is 9.99. The summed E-state index contributed by atoms with van der Waals surface area (Å²) in [4.78, 5) is 8.34. The maximum Gasteiger partial charge on any atom is 0.314 e. The zero-order chi connectivity index (χ0) is 18.8. The van der Waals surface area contributed by atoms with Crippen LogP contribution < -0.4 is 5.32 Å². The molecule has 1 aliphatic rings. The third kappa shape index (κ3) is 4.07. The minimum absolute atomic E-state index is 0.0829. The van der Waals surface area contributed by atoms with Crippen LogP contribution in [0.3, 0.4) is 0 Å². The zero-order valence-corrected chi connectivity index (χ0v) is 14.1. The van der Waals surface area contributed by atoms with E-state index in [-0.39, 0.29) is 17.7 Å². The Hall–Kier alpha value is -2.97. The highest BCUT2D eigenvalue weighted by Crippen LogP contribution is 2.39. The van der Waals surface area contributed by atoms with Gasteiger partial charge in [-0.05, 0) is 18.4 Å². The molecule has 1 aromatic carbocycles. The van der Waals surface area contributed by atoms with Gasteiger partial charge in [-0.25, -0.2) is 14.4 Å². The topological polar surface area (TPSA) is 76.7 Å². The lowest BCUT2D eigenvalue weighted by Crippen LogP contribution is -2.15. The van der Waals surface area contributed by atoms with E-state index < -0.39 is 12.3 Å². The molecule has 1 saturated carbocycles. The molecule has 140 valence electrons. The van der Waals surface area contributed by atoms with Gasteiger partial charge in [-0.3, -0.25) is 0 Å². The number of hydrogen-bond donors (Lipinski definition) is 1. The molecule has 1 atom stereocenters. The van der Waals surface area contributed by atoms with Crippen LogP contribution in [0, 0.1) is 11.7 Å². The fourth-order valence-electron chi connectivity index (χ4n) is 2.82. The molecule has 0 spiro atoms. The number of nitrogens with zero attached hydrogens (tertiary/aromatic N) is 4. The second-order valence-electron chi connectivity index (χ2n) is 6.44. The Balaban J connectivity index is 1.52. The first kappa shape index (κ1) is 17.4. The van der Waals surface area contributed by atoms with Gasteiger partial charge >= 0.3 is 6.43 Å². The molecule has 1 unspecified atom stereocenters. The summed E-state index contributed by atoms with van der Waals surface area (Å²) in [7, 11) is 0. The summed E-state index contributed by atoms with van der Waals surface area (Å²) in [6.07, 6.45) is 3.01. The number of benzene rings is 1. The van der Waals surface area contributed by atoms with Gasteiger partial charge in [0.05, 0.1) is 11.6 Å². The zero-order valence-electron chi connectivity index (χ0n) is 14.1. The largest absolute Gasteiger partial charge is 0.415 e. The maximum atomic E-state index is 14.2. The van der Waals surface area contributed by atoms with Crippen LogP contribution >= 0.6 is 0 Å². The highest BCUT2D eigenvalue weighted by atomic mass is 19.3. The van der Waals surface area contributed by atoms with Crippen LogP contribution in [0.15, 0.2) is 41.1 Å². The predicted molar refractivity (Wildman–Crippen MR) is 90.4 cm³/mol. The summed E-state index contributed by atoms with van der Waals surface area (Å²) in [5.74, 6) is -0.247. The summed E-state index contributed by atoms with van der Waals surface area (Å²) in [6.45, 7) is 0. The number of alkyl halides is 2. The van der Waals surface area contributed by atoms with E-state index in [2.05, 4.69) is 25.5 Å². The molecule has 9 heteroatoms. The average Bonchev–Trinajstić information content (AvgIpc) is 3.34. The molecule has 0 saturated heterocycles. The lowest BCUT2D eigenvalue weighted by molar-refractivity contribution is 0.116. The van der Waals surface area contributed by atoms with Crippen LogP contribution in [0.4, 0.5) is 19.1 Å². The van der Waals surface area contributed by atoms with Crippen molar-refractivity contribution in [3.8, 4) is 11.5 Å².